The Hall–Kier alpha value is -1.59. The Morgan fingerprint density at radius 2 is 1.89 bits per heavy atom. The van der Waals surface area contributed by atoms with E-state index in [1.54, 1.807) is 0 Å². The van der Waals surface area contributed by atoms with Gasteiger partial charge in [-0.25, -0.2) is 4.79 Å². The molecule has 0 radical (unpaired) electrons. The topological polar surface area (TPSA) is 48.0 Å². The summed E-state index contributed by atoms with van der Waals surface area (Å²) >= 11 is 0. The van der Waals surface area contributed by atoms with Crippen LogP contribution in [0.5, 0.6) is 0 Å². The monoisotopic (exact) mass is 375 g/mol. The predicted molar refractivity (Wildman–Crippen MR) is 105 cm³/mol. The molecule has 150 valence electrons. The Kier molecular flexibility index (Phi) is 6.43. The summed E-state index contributed by atoms with van der Waals surface area (Å²) in [5.74, 6) is 0. The molecule has 1 unspecified atom stereocenters. The average Bonchev–Trinajstić information content (AvgIpc) is 3.39. The average molecular weight is 376 g/mol. The van der Waals surface area contributed by atoms with Gasteiger partial charge in [0.1, 0.15) is 5.60 Å². The number of ether oxygens (including phenoxy) is 3. The van der Waals surface area contributed by atoms with Gasteiger partial charge < -0.3 is 19.1 Å². The van der Waals surface area contributed by atoms with Gasteiger partial charge >= 0.3 is 6.09 Å². The first-order valence-electron chi connectivity index (χ1n) is 10.1. The molecule has 1 heterocycles. The normalized spacial score (nSPS) is 21.3. The Labute approximate surface area is 163 Å². The van der Waals surface area contributed by atoms with E-state index in [1.807, 2.05) is 43.9 Å². The highest BCUT2D eigenvalue weighted by atomic mass is 16.6. The van der Waals surface area contributed by atoms with Crippen LogP contribution in [0.15, 0.2) is 30.3 Å². The van der Waals surface area contributed by atoms with Crippen LogP contribution >= 0.6 is 0 Å². The van der Waals surface area contributed by atoms with Crippen LogP contribution in [0.25, 0.3) is 0 Å². The molecular weight excluding hydrogens is 342 g/mol. The molecule has 1 amide bonds. The highest BCUT2D eigenvalue weighted by Crippen LogP contribution is 2.54. The van der Waals surface area contributed by atoms with Gasteiger partial charge in [0.05, 0.1) is 19.3 Å². The van der Waals surface area contributed by atoms with Crippen LogP contribution in [-0.2, 0) is 20.8 Å². The standard InChI is InChI=1S/C22H33NO4/c1-21(2,3)27-20(24)23-13-12-22(10-11-22)19(16-23)26-15-7-14-25-17-18-8-5-4-6-9-18/h4-6,8-9,19H,7,10-17H2,1-3H3. The second-order valence-electron chi connectivity index (χ2n) is 8.79. The predicted octanol–water partition coefficient (Wildman–Crippen LogP) is 4.40. The van der Waals surface area contributed by atoms with Gasteiger partial charge in [-0.15, -0.1) is 0 Å². The highest BCUT2D eigenvalue weighted by Gasteiger charge is 2.53. The summed E-state index contributed by atoms with van der Waals surface area (Å²) in [6.07, 6.45) is 4.20. The van der Waals surface area contributed by atoms with Crippen molar-refractivity contribution in [1.82, 2.24) is 4.90 Å². The maximum absolute atomic E-state index is 12.4. The van der Waals surface area contributed by atoms with Crippen LogP contribution < -0.4 is 0 Å². The first-order valence-corrected chi connectivity index (χ1v) is 10.1. The Morgan fingerprint density at radius 1 is 1.15 bits per heavy atom. The number of likely N-dealkylation sites (tertiary alicyclic amines) is 1. The molecule has 0 bridgehead atoms. The molecule has 1 saturated carbocycles. The molecule has 5 nitrogen and oxygen atoms in total. The van der Waals surface area contributed by atoms with Gasteiger partial charge in [-0.05, 0) is 52.0 Å². The fourth-order valence-electron chi connectivity index (χ4n) is 3.61. The van der Waals surface area contributed by atoms with Crippen LogP contribution in [0.3, 0.4) is 0 Å². The zero-order valence-corrected chi connectivity index (χ0v) is 16.9. The van der Waals surface area contributed by atoms with Crippen LogP contribution in [-0.4, -0.2) is 49.0 Å². The highest BCUT2D eigenvalue weighted by molar-refractivity contribution is 5.68. The maximum Gasteiger partial charge on any atom is 0.410 e. The number of benzene rings is 1. The summed E-state index contributed by atoms with van der Waals surface area (Å²) < 4.78 is 17.4. The number of piperidine rings is 1. The lowest BCUT2D eigenvalue weighted by Gasteiger charge is -2.39. The van der Waals surface area contributed by atoms with Crippen molar-refractivity contribution >= 4 is 6.09 Å². The minimum absolute atomic E-state index is 0.118. The number of hydrogen-bond donors (Lipinski definition) is 0. The van der Waals surface area contributed by atoms with Crippen molar-refractivity contribution in [3.8, 4) is 0 Å². The van der Waals surface area contributed by atoms with E-state index in [0.29, 0.717) is 31.8 Å². The molecule has 1 aliphatic heterocycles. The smallest absolute Gasteiger partial charge is 0.410 e. The van der Waals surface area contributed by atoms with Crippen molar-refractivity contribution < 1.29 is 19.0 Å². The van der Waals surface area contributed by atoms with Gasteiger partial charge in [-0.2, -0.15) is 0 Å². The van der Waals surface area contributed by atoms with E-state index in [4.69, 9.17) is 14.2 Å². The van der Waals surface area contributed by atoms with Crippen LogP contribution in [0.4, 0.5) is 4.79 Å². The number of carbonyl (C=O) groups is 1. The zero-order chi connectivity index (χ0) is 19.3. The summed E-state index contributed by atoms with van der Waals surface area (Å²) in [5, 5.41) is 0. The molecule has 1 aromatic rings. The van der Waals surface area contributed by atoms with E-state index >= 15 is 0 Å². The van der Waals surface area contributed by atoms with Crippen LogP contribution in [0, 0.1) is 5.41 Å². The molecule has 1 aromatic carbocycles. The molecule has 5 heteroatoms. The number of nitrogens with zero attached hydrogens (tertiary/aromatic N) is 1. The quantitative estimate of drug-likeness (QED) is 0.663. The SMILES string of the molecule is CC(C)(C)OC(=O)N1CCC2(CC2)C(OCCCOCc2ccccc2)C1. The second-order valence-corrected chi connectivity index (χ2v) is 8.79. The van der Waals surface area contributed by atoms with Crippen molar-refractivity contribution in [2.45, 2.75) is 64.8 Å². The number of rotatable bonds is 7. The minimum Gasteiger partial charge on any atom is -0.444 e. The number of hydrogen-bond acceptors (Lipinski definition) is 4. The summed E-state index contributed by atoms with van der Waals surface area (Å²) in [7, 11) is 0. The molecule has 2 fully saturated rings. The van der Waals surface area contributed by atoms with E-state index in [1.165, 1.54) is 18.4 Å². The fraction of sp³-hybridized carbons (Fsp3) is 0.682. The van der Waals surface area contributed by atoms with E-state index in [0.717, 1.165) is 19.4 Å². The summed E-state index contributed by atoms with van der Waals surface area (Å²) in [6.45, 7) is 9.12. The van der Waals surface area contributed by atoms with E-state index < -0.39 is 5.60 Å². The van der Waals surface area contributed by atoms with Crippen molar-refractivity contribution in [2.75, 3.05) is 26.3 Å². The lowest BCUT2D eigenvalue weighted by atomic mass is 9.90. The third-order valence-corrected chi connectivity index (χ3v) is 5.36. The lowest BCUT2D eigenvalue weighted by molar-refractivity contribution is -0.0596. The van der Waals surface area contributed by atoms with Crippen molar-refractivity contribution in [3.63, 3.8) is 0 Å². The second kappa shape index (κ2) is 8.61. The third-order valence-electron chi connectivity index (χ3n) is 5.36. The summed E-state index contributed by atoms with van der Waals surface area (Å²) in [5.41, 5.74) is 1.03. The third kappa shape index (κ3) is 5.94. The van der Waals surface area contributed by atoms with Crippen molar-refractivity contribution in [1.29, 1.82) is 0 Å². The van der Waals surface area contributed by atoms with E-state index in [2.05, 4.69) is 12.1 Å². The van der Waals surface area contributed by atoms with Gasteiger partial charge in [0.15, 0.2) is 0 Å². The Bertz CT molecular complexity index is 606. The first kappa shape index (κ1) is 20.2. The van der Waals surface area contributed by atoms with Crippen molar-refractivity contribution in [2.24, 2.45) is 5.41 Å². The number of amides is 1. The van der Waals surface area contributed by atoms with Gasteiger partial charge in [0.25, 0.3) is 0 Å². The van der Waals surface area contributed by atoms with Gasteiger partial charge in [-0.1, -0.05) is 30.3 Å². The Morgan fingerprint density at radius 3 is 2.56 bits per heavy atom. The fourth-order valence-corrected chi connectivity index (χ4v) is 3.61. The maximum atomic E-state index is 12.4. The molecule has 0 aromatic heterocycles. The van der Waals surface area contributed by atoms with Gasteiger partial charge in [-0.3, -0.25) is 0 Å². The number of carbonyl (C=O) groups excluding carboxylic acids is 1. The molecular formula is C22H33NO4. The van der Waals surface area contributed by atoms with Gasteiger partial charge in [0.2, 0.25) is 0 Å². The van der Waals surface area contributed by atoms with Crippen LogP contribution in [0.1, 0.15) is 52.0 Å². The Balaban J connectivity index is 1.38. The molecule has 3 rings (SSSR count). The molecule has 1 atom stereocenters. The molecule has 27 heavy (non-hydrogen) atoms. The van der Waals surface area contributed by atoms with Gasteiger partial charge in [0, 0.05) is 25.2 Å². The molecule has 2 aliphatic rings. The van der Waals surface area contributed by atoms with E-state index in [9.17, 15) is 4.79 Å². The molecule has 1 aliphatic carbocycles. The van der Waals surface area contributed by atoms with E-state index in [-0.39, 0.29) is 12.2 Å². The largest absolute Gasteiger partial charge is 0.444 e. The summed E-state index contributed by atoms with van der Waals surface area (Å²) in [4.78, 5) is 14.2. The van der Waals surface area contributed by atoms with Crippen molar-refractivity contribution in [3.05, 3.63) is 35.9 Å². The minimum atomic E-state index is -0.460. The lowest BCUT2D eigenvalue weighted by Crippen LogP contribution is -2.50. The zero-order valence-electron chi connectivity index (χ0n) is 16.9. The summed E-state index contributed by atoms with van der Waals surface area (Å²) in [6, 6.07) is 10.2. The molecule has 1 saturated heterocycles. The molecule has 1 spiro atoms. The van der Waals surface area contributed by atoms with Crippen LogP contribution in [0.2, 0.25) is 0 Å². The molecule has 0 N–H and O–H groups in total. The first-order chi connectivity index (χ1) is 12.9.